The van der Waals surface area contributed by atoms with Gasteiger partial charge in [-0.1, -0.05) is 17.7 Å². The number of alkyl halides is 2. The smallest absolute Gasteiger partial charge is 0.265 e. The number of amides is 1. The maximum absolute atomic E-state index is 12.0. The zero-order valence-electron chi connectivity index (χ0n) is 10.9. The predicted octanol–water partition coefficient (Wildman–Crippen LogP) is 2.02. The van der Waals surface area contributed by atoms with E-state index in [1.165, 1.54) is 7.11 Å². The number of halogens is 3. The molecule has 112 valence electrons. The van der Waals surface area contributed by atoms with Gasteiger partial charge in [-0.2, -0.15) is 0 Å². The minimum absolute atomic E-state index is 0.124. The first-order chi connectivity index (χ1) is 9.43. The molecule has 0 aromatic heterocycles. The van der Waals surface area contributed by atoms with Gasteiger partial charge in [0.25, 0.3) is 6.43 Å². The van der Waals surface area contributed by atoms with Crippen molar-refractivity contribution in [3.05, 3.63) is 28.8 Å². The molecule has 0 spiro atoms. The molecule has 1 rings (SSSR count). The van der Waals surface area contributed by atoms with Gasteiger partial charge in [-0.05, 0) is 24.1 Å². The number of hydrogen-bond acceptors (Lipinski definition) is 3. The van der Waals surface area contributed by atoms with Crippen LogP contribution in [0, 0.1) is 0 Å². The van der Waals surface area contributed by atoms with E-state index in [4.69, 9.17) is 21.4 Å². The number of hydrogen-bond donors (Lipinski definition) is 2. The van der Waals surface area contributed by atoms with Crippen molar-refractivity contribution < 1.29 is 23.4 Å². The maximum atomic E-state index is 12.0. The van der Waals surface area contributed by atoms with Crippen LogP contribution in [0.4, 0.5) is 8.78 Å². The lowest BCUT2D eigenvalue weighted by Crippen LogP contribution is -2.35. The van der Waals surface area contributed by atoms with Crippen LogP contribution in [0.2, 0.25) is 5.02 Å². The highest BCUT2D eigenvalue weighted by atomic mass is 35.5. The van der Waals surface area contributed by atoms with E-state index < -0.39 is 25.0 Å². The zero-order chi connectivity index (χ0) is 15.1. The van der Waals surface area contributed by atoms with E-state index in [9.17, 15) is 13.6 Å². The molecule has 1 unspecified atom stereocenters. The molecule has 1 aromatic rings. The average Bonchev–Trinajstić information content (AvgIpc) is 2.42. The van der Waals surface area contributed by atoms with Crippen molar-refractivity contribution in [3.8, 4) is 5.75 Å². The Labute approximate surface area is 120 Å². The van der Waals surface area contributed by atoms with Crippen LogP contribution in [-0.2, 0) is 11.2 Å². The van der Waals surface area contributed by atoms with Gasteiger partial charge in [0.15, 0.2) is 0 Å². The molecular weight excluding hydrogens is 292 g/mol. The minimum Gasteiger partial charge on any atom is -0.495 e. The second kappa shape index (κ2) is 8.01. The Morgan fingerprint density at radius 2 is 2.20 bits per heavy atom. The highest BCUT2D eigenvalue weighted by molar-refractivity contribution is 6.32. The van der Waals surface area contributed by atoms with Gasteiger partial charge in [-0.3, -0.25) is 4.79 Å². The summed E-state index contributed by atoms with van der Waals surface area (Å²) in [4.78, 5) is 11.4. The number of rotatable bonds is 7. The van der Waals surface area contributed by atoms with Gasteiger partial charge in [0.05, 0.1) is 12.1 Å². The lowest BCUT2D eigenvalue weighted by atomic mass is 10.1. The van der Waals surface area contributed by atoms with Gasteiger partial charge in [0.1, 0.15) is 11.9 Å². The van der Waals surface area contributed by atoms with E-state index in [1.54, 1.807) is 18.2 Å². The molecule has 4 nitrogen and oxygen atoms in total. The summed E-state index contributed by atoms with van der Waals surface area (Å²) in [7, 11) is 1.50. The van der Waals surface area contributed by atoms with E-state index in [1.807, 2.05) is 0 Å². The van der Waals surface area contributed by atoms with Crippen molar-refractivity contribution in [2.75, 3.05) is 13.7 Å². The van der Waals surface area contributed by atoms with E-state index in [0.29, 0.717) is 17.2 Å². The van der Waals surface area contributed by atoms with Crippen molar-refractivity contribution in [1.82, 2.24) is 5.32 Å². The number of carbonyl (C=O) groups is 1. The first kappa shape index (κ1) is 16.7. The molecule has 0 heterocycles. The van der Waals surface area contributed by atoms with Gasteiger partial charge in [0.2, 0.25) is 5.91 Å². The molecule has 2 N–H and O–H groups in total. The number of methoxy groups -OCH3 is 1. The summed E-state index contributed by atoms with van der Waals surface area (Å²) in [5.74, 6) is 0.136. The number of aryl methyl sites for hydroxylation is 1. The summed E-state index contributed by atoms with van der Waals surface area (Å²) >= 11 is 5.94. The van der Waals surface area contributed by atoms with Crippen LogP contribution in [0.5, 0.6) is 5.75 Å². The van der Waals surface area contributed by atoms with Crippen LogP contribution in [0.3, 0.4) is 0 Å². The number of aliphatic hydroxyl groups is 1. The van der Waals surface area contributed by atoms with E-state index in [-0.39, 0.29) is 6.42 Å². The Bertz CT molecular complexity index is 457. The number of benzene rings is 1. The summed E-state index contributed by atoms with van der Waals surface area (Å²) in [6.07, 6.45) is -4.16. The van der Waals surface area contributed by atoms with Crippen molar-refractivity contribution in [1.29, 1.82) is 0 Å². The van der Waals surface area contributed by atoms with Crippen molar-refractivity contribution >= 4 is 17.5 Å². The van der Waals surface area contributed by atoms with E-state index >= 15 is 0 Å². The number of carbonyl (C=O) groups excluding carboxylic acids is 1. The van der Waals surface area contributed by atoms with Crippen LogP contribution in [0.15, 0.2) is 18.2 Å². The normalized spacial score (nSPS) is 12.3. The molecule has 0 aliphatic rings. The molecule has 1 amide bonds. The Morgan fingerprint density at radius 3 is 2.75 bits per heavy atom. The Morgan fingerprint density at radius 1 is 1.50 bits per heavy atom. The summed E-state index contributed by atoms with van der Waals surface area (Å²) in [6, 6.07) is 5.14. The van der Waals surface area contributed by atoms with E-state index in [0.717, 1.165) is 5.56 Å². The molecule has 0 radical (unpaired) electrons. The molecular formula is C13H16ClF2NO3. The molecule has 0 bridgehead atoms. The zero-order valence-corrected chi connectivity index (χ0v) is 11.7. The third kappa shape index (κ3) is 5.30. The SMILES string of the molecule is COc1ccc(CCC(=O)NCC(O)C(F)F)cc1Cl. The van der Waals surface area contributed by atoms with Crippen LogP contribution in [0.1, 0.15) is 12.0 Å². The Balaban J connectivity index is 2.39. The topological polar surface area (TPSA) is 58.6 Å². The predicted molar refractivity (Wildman–Crippen MR) is 71.3 cm³/mol. The van der Waals surface area contributed by atoms with Gasteiger partial charge < -0.3 is 15.2 Å². The van der Waals surface area contributed by atoms with Crippen LogP contribution >= 0.6 is 11.6 Å². The molecule has 1 aromatic carbocycles. The lowest BCUT2D eigenvalue weighted by Gasteiger charge is -2.11. The van der Waals surface area contributed by atoms with Gasteiger partial charge in [0, 0.05) is 13.0 Å². The maximum Gasteiger partial charge on any atom is 0.265 e. The molecule has 0 aliphatic carbocycles. The number of aliphatic hydroxyl groups excluding tert-OH is 1. The molecule has 0 saturated carbocycles. The fraction of sp³-hybridized carbons (Fsp3) is 0.462. The third-order valence-electron chi connectivity index (χ3n) is 2.66. The molecule has 1 atom stereocenters. The minimum atomic E-state index is -2.87. The first-order valence-corrected chi connectivity index (χ1v) is 6.37. The number of ether oxygens (including phenoxy) is 1. The summed E-state index contributed by atoms with van der Waals surface area (Å²) in [6.45, 7) is -0.458. The summed E-state index contributed by atoms with van der Waals surface area (Å²) in [5, 5.41) is 11.5. The molecule has 0 aliphatic heterocycles. The Kier molecular flexibility index (Phi) is 6.67. The van der Waals surface area contributed by atoms with Crippen molar-refractivity contribution in [2.24, 2.45) is 0 Å². The molecule has 0 saturated heterocycles. The van der Waals surface area contributed by atoms with Crippen molar-refractivity contribution in [3.63, 3.8) is 0 Å². The van der Waals surface area contributed by atoms with Crippen LogP contribution < -0.4 is 10.1 Å². The highest BCUT2D eigenvalue weighted by Gasteiger charge is 2.17. The van der Waals surface area contributed by atoms with Crippen LogP contribution in [-0.4, -0.2) is 37.2 Å². The Hall–Kier alpha value is -1.40. The summed E-state index contributed by atoms with van der Waals surface area (Å²) < 4.78 is 29.0. The second-order valence-electron chi connectivity index (χ2n) is 4.17. The highest BCUT2D eigenvalue weighted by Crippen LogP contribution is 2.25. The van der Waals surface area contributed by atoms with E-state index in [2.05, 4.69) is 5.32 Å². The lowest BCUT2D eigenvalue weighted by molar-refractivity contribution is -0.122. The fourth-order valence-corrected chi connectivity index (χ4v) is 1.80. The quantitative estimate of drug-likeness (QED) is 0.810. The third-order valence-corrected chi connectivity index (χ3v) is 2.95. The fourth-order valence-electron chi connectivity index (χ4n) is 1.52. The second-order valence-corrected chi connectivity index (χ2v) is 4.58. The van der Waals surface area contributed by atoms with Gasteiger partial charge in [-0.25, -0.2) is 8.78 Å². The largest absolute Gasteiger partial charge is 0.495 e. The molecule has 0 fully saturated rings. The monoisotopic (exact) mass is 307 g/mol. The van der Waals surface area contributed by atoms with Crippen molar-refractivity contribution in [2.45, 2.75) is 25.4 Å². The van der Waals surface area contributed by atoms with Gasteiger partial charge in [-0.15, -0.1) is 0 Å². The molecule has 7 heteroatoms. The van der Waals surface area contributed by atoms with Crippen LogP contribution in [0.25, 0.3) is 0 Å². The van der Waals surface area contributed by atoms with Gasteiger partial charge >= 0.3 is 0 Å². The number of nitrogens with one attached hydrogen (secondary N) is 1. The first-order valence-electron chi connectivity index (χ1n) is 5.99. The summed E-state index contributed by atoms with van der Waals surface area (Å²) in [5.41, 5.74) is 0.834. The standard InChI is InChI=1S/C13H16ClF2NO3/c1-20-11-4-2-8(6-9(11)14)3-5-12(19)17-7-10(18)13(15)16/h2,4,6,10,13,18H,3,5,7H2,1H3,(H,17,19). The molecule has 20 heavy (non-hydrogen) atoms. The average molecular weight is 308 g/mol.